The van der Waals surface area contributed by atoms with Crippen LogP contribution in [0.2, 0.25) is 0 Å². The number of aliphatic hydroxyl groups excluding tert-OH is 1. The molecule has 0 amide bonds. The highest BCUT2D eigenvalue weighted by atomic mass is 16.3. The van der Waals surface area contributed by atoms with Crippen LogP contribution in [0.15, 0.2) is 34.5 Å². The molecule has 0 aliphatic carbocycles. The minimum Gasteiger partial charge on any atom is -0.462 e. The fourth-order valence-electron chi connectivity index (χ4n) is 1.38. The number of rotatable bonds is 6. The van der Waals surface area contributed by atoms with Gasteiger partial charge in [-0.3, -0.25) is 4.79 Å². The fraction of sp³-hybridized carbons (Fsp3) is 0.533. The second-order valence-electron chi connectivity index (χ2n) is 4.61. The quantitative estimate of drug-likeness (QED) is 0.618. The number of allylic oxidation sites excluding steroid dienone is 2. The molecule has 1 rings (SSSR count). The van der Waals surface area contributed by atoms with Crippen molar-refractivity contribution in [3.63, 3.8) is 0 Å². The van der Waals surface area contributed by atoms with E-state index in [0.29, 0.717) is 24.6 Å². The van der Waals surface area contributed by atoms with Crippen LogP contribution in [-0.2, 0) is 0 Å². The Kier molecular flexibility index (Phi) is 9.97. The topological polar surface area (TPSA) is 50.4 Å². The van der Waals surface area contributed by atoms with Gasteiger partial charge in [0.05, 0.1) is 6.26 Å². The van der Waals surface area contributed by atoms with E-state index in [4.69, 9.17) is 5.11 Å². The molecule has 3 nitrogen and oxygen atoms in total. The summed E-state index contributed by atoms with van der Waals surface area (Å²) in [4.78, 5) is 9.77. The minimum atomic E-state index is 0.329. The van der Waals surface area contributed by atoms with Gasteiger partial charge in [0.1, 0.15) is 0 Å². The highest BCUT2D eigenvalue weighted by Crippen LogP contribution is 2.10. The Morgan fingerprint density at radius 1 is 1.44 bits per heavy atom. The van der Waals surface area contributed by atoms with E-state index in [1.54, 1.807) is 12.1 Å². The van der Waals surface area contributed by atoms with Crippen molar-refractivity contribution in [2.24, 2.45) is 5.92 Å². The van der Waals surface area contributed by atoms with E-state index in [1.807, 2.05) is 0 Å². The molecule has 1 heterocycles. The molecule has 0 saturated heterocycles. The van der Waals surface area contributed by atoms with E-state index in [9.17, 15) is 4.79 Å². The van der Waals surface area contributed by atoms with Crippen molar-refractivity contribution in [1.82, 2.24) is 0 Å². The van der Waals surface area contributed by atoms with Crippen LogP contribution in [0, 0.1) is 5.92 Å². The Morgan fingerprint density at radius 2 is 2.17 bits per heavy atom. The van der Waals surface area contributed by atoms with Crippen molar-refractivity contribution in [2.45, 2.75) is 40.0 Å². The third-order valence-corrected chi connectivity index (χ3v) is 2.49. The van der Waals surface area contributed by atoms with Crippen LogP contribution in [0.4, 0.5) is 0 Å². The van der Waals surface area contributed by atoms with Crippen molar-refractivity contribution in [3.05, 3.63) is 35.8 Å². The molecule has 0 aliphatic heterocycles. The Balaban J connectivity index is 0.000000351. The van der Waals surface area contributed by atoms with E-state index in [0.717, 1.165) is 12.8 Å². The van der Waals surface area contributed by atoms with Gasteiger partial charge in [-0.25, -0.2) is 0 Å². The van der Waals surface area contributed by atoms with Crippen LogP contribution in [-0.4, -0.2) is 18.0 Å². The Hall–Kier alpha value is -1.35. The molecule has 0 aromatic carbocycles. The van der Waals surface area contributed by atoms with Gasteiger partial charge < -0.3 is 9.52 Å². The molecule has 1 atom stereocenters. The average molecular weight is 252 g/mol. The lowest BCUT2D eigenvalue weighted by Crippen LogP contribution is -1.96. The molecule has 0 fully saturated rings. The fourth-order valence-corrected chi connectivity index (χ4v) is 1.38. The Morgan fingerprint density at radius 3 is 2.56 bits per heavy atom. The molecule has 1 aromatic heterocycles. The highest BCUT2D eigenvalue weighted by Gasteiger charge is 1.98. The Bertz CT molecular complexity index is 322. The summed E-state index contributed by atoms with van der Waals surface area (Å²) in [5.74, 6) is 1.04. The first-order valence-electron chi connectivity index (χ1n) is 6.33. The van der Waals surface area contributed by atoms with E-state index in [2.05, 4.69) is 31.3 Å². The molecule has 0 spiro atoms. The predicted molar refractivity (Wildman–Crippen MR) is 73.6 cm³/mol. The third kappa shape index (κ3) is 9.85. The number of hydrogen-bond donors (Lipinski definition) is 1. The lowest BCUT2D eigenvalue weighted by Gasteiger charge is -2.06. The predicted octanol–water partition coefficient (Wildman–Crippen LogP) is 3.84. The molecule has 0 aliphatic rings. The molecule has 0 radical (unpaired) electrons. The summed E-state index contributed by atoms with van der Waals surface area (Å²) in [5, 5.41) is 8.63. The normalized spacial score (nSPS) is 11.1. The zero-order chi connectivity index (χ0) is 13.8. The molecule has 0 bridgehead atoms. The van der Waals surface area contributed by atoms with Crippen LogP contribution in [0.25, 0.3) is 0 Å². The van der Waals surface area contributed by atoms with Gasteiger partial charge in [0.25, 0.3) is 0 Å². The first kappa shape index (κ1) is 16.6. The number of hydrogen-bond acceptors (Lipinski definition) is 3. The van der Waals surface area contributed by atoms with E-state index >= 15 is 0 Å². The summed E-state index contributed by atoms with van der Waals surface area (Å²) in [6.07, 6.45) is 7.68. The van der Waals surface area contributed by atoms with E-state index in [1.165, 1.54) is 18.3 Å². The second-order valence-corrected chi connectivity index (χ2v) is 4.61. The van der Waals surface area contributed by atoms with Crippen molar-refractivity contribution < 1.29 is 14.3 Å². The minimum absolute atomic E-state index is 0.329. The maximum atomic E-state index is 9.77. The Labute approximate surface area is 110 Å². The summed E-state index contributed by atoms with van der Waals surface area (Å²) in [5.41, 5.74) is 1.39. The van der Waals surface area contributed by atoms with Gasteiger partial charge in [-0.15, -0.1) is 0 Å². The summed E-state index contributed by atoms with van der Waals surface area (Å²) in [6, 6.07) is 3.27. The smallest absolute Gasteiger partial charge is 0.185 e. The second kappa shape index (κ2) is 10.8. The highest BCUT2D eigenvalue weighted by molar-refractivity contribution is 5.69. The van der Waals surface area contributed by atoms with Gasteiger partial charge in [0, 0.05) is 6.61 Å². The summed E-state index contributed by atoms with van der Waals surface area (Å²) in [6.45, 7) is 6.76. The van der Waals surface area contributed by atoms with Crippen molar-refractivity contribution >= 4 is 6.29 Å². The molecular formula is C15H24O3. The molecule has 3 heteroatoms. The average Bonchev–Trinajstić information content (AvgIpc) is 2.82. The lowest BCUT2D eigenvalue weighted by molar-refractivity contribution is 0.110. The zero-order valence-electron chi connectivity index (χ0n) is 11.6. The first-order chi connectivity index (χ1) is 8.60. The van der Waals surface area contributed by atoms with Crippen molar-refractivity contribution in [2.75, 3.05) is 6.61 Å². The van der Waals surface area contributed by atoms with Gasteiger partial charge in [-0.1, -0.05) is 18.6 Å². The molecule has 1 N–H and O–H groups in total. The first-order valence-corrected chi connectivity index (χ1v) is 6.33. The molecule has 102 valence electrons. The van der Waals surface area contributed by atoms with E-state index < -0.39 is 0 Å². The van der Waals surface area contributed by atoms with Gasteiger partial charge in [-0.05, 0) is 51.2 Å². The maximum absolute atomic E-state index is 9.77. The van der Waals surface area contributed by atoms with Gasteiger partial charge in [0.2, 0.25) is 0 Å². The molecular weight excluding hydrogens is 228 g/mol. The van der Waals surface area contributed by atoms with Crippen molar-refractivity contribution in [1.29, 1.82) is 0 Å². The van der Waals surface area contributed by atoms with Crippen molar-refractivity contribution in [3.8, 4) is 0 Å². The number of aldehydes is 1. The van der Waals surface area contributed by atoms with Gasteiger partial charge in [0.15, 0.2) is 12.0 Å². The summed E-state index contributed by atoms with van der Waals surface area (Å²) in [7, 11) is 0. The number of carbonyl (C=O) groups is 1. The lowest BCUT2D eigenvalue weighted by atomic mass is 10.0. The number of aliphatic hydroxyl groups is 1. The van der Waals surface area contributed by atoms with Gasteiger partial charge in [-0.2, -0.15) is 0 Å². The summed E-state index contributed by atoms with van der Waals surface area (Å²) < 4.78 is 4.61. The van der Waals surface area contributed by atoms with Crippen LogP contribution < -0.4 is 0 Å². The largest absolute Gasteiger partial charge is 0.462 e. The zero-order valence-corrected chi connectivity index (χ0v) is 11.6. The molecule has 1 unspecified atom stereocenters. The van der Waals surface area contributed by atoms with E-state index in [-0.39, 0.29) is 0 Å². The van der Waals surface area contributed by atoms with Crippen LogP contribution >= 0.6 is 0 Å². The monoisotopic (exact) mass is 252 g/mol. The molecule has 18 heavy (non-hydrogen) atoms. The van der Waals surface area contributed by atoms with Crippen LogP contribution in [0.3, 0.4) is 0 Å². The van der Waals surface area contributed by atoms with Crippen LogP contribution in [0.5, 0.6) is 0 Å². The third-order valence-electron chi connectivity index (χ3n) is 2.49. The standard InChI is InChI=1S/C10H20O.C5H4O2/c1-9(2)5-4-6-10(3)7-8-11;6-4-5-2-1-3-7-5/h5,10-11H,4,6-8H2,1-3H3;1-4H. The molecule has 0 saturated carbocycles. The number of carbonyl (C=O) groups excluding carboxylic acids is 1. The maximum Gasteiger partial charge on any atom is 0.185 e. The number of furan rings is 1. The summed E-state index contributed by atoms with van der Waals surface area (Å²) >= 11 is 0. The molecule has 1 aromatic rings. The SMILES string of the molecule is CC(C)=CCCC(C)CCO.O=Cc1ccco1. The van der Waals surface area contributed by atoms with Gasteiger partial charge >= 0.3 is 0 Å². The van der Waals surface area contributed by atoms with Crippen LogP contribution in [0.1, 0.15) is 50.6 Å².